The highest BCUT2D eigenvalue weighted by Crippen LogP contribution is 2.18. The number of para-hydroxylation sites is 1. The van der Waals surface area contributed by atoms with E-state index in [9.17, 15) is 10.1 Å². The highest BCUT2D eigenvalue weighted by atomic mass is 16.6. The van der Waals surface area contributed by atoms with Crippen molar-refractivity contribution < 1.29 is 4.92 Å². The molecule has 0 atom stereocenters. The minimum atomic E-state index is -0.380. The lowest BCUT2D eigenvalue weighted by Crippen LogP contribution is -2.05. The molecule has 6 heteroatoms. The molecule has 0 spiro atoms. The molecule has 6 nitrogen and oxygen atoms in total. The van der Waals surface area contributed by atoms with Crippen LogP contribution in [-0.4, -0.2) is 14.9 Å². The fourth-order valence-electron chi connectivity index (χ4n) is 1.71. The summed E-state index contributed by atoms with van der Waals surface area (Å²) in [5.74, 6) is 0.671. The molecule has 2 aromatic rings. The van der Waals surface area contributed by atoms with Gasteiger partial charge in [0.25, 0.3) is 5.69 Å². The summed E-state index contributed by atoms with van der Waals surface area (Å²) in [4.78, 5) is 18.7. The lowest BCUT2D eigenvalue weighted by Gasteiger charge is -2.06. The Labute approximate surface area is 110 Å². The van der Waals surface area contributed by atoms with Crippen molar-refractivity contribution in [3.63, 3.8) is 0 Å². The van der Waals surface area contributed by atoms with E-state index >= 15 is 0 Å². The van der Waals surface area contributed by atoms with Crippen molar-refractivity contribution in [1.82, 2.24) is 9.97 Å². The van der Waals surface area contributed by atoms with E-state index < -0.39 is 0 Å². The third-order valence-electron chi connectivity index (χ3n) is 2.73. The molecule has 98 valence electrons. The minimum absolute atomic E-state index is 0.111. The standard InChI is InChI=1S/C13H14N4O2/c1-2-11-7-13(16-9-15-11)14-8-10-5-3-4-6-12(10)17(18)19/h3-7,9H,2,8H2,1H3,(H,14,15,16). The summed E-state index contributed by atoms with van der Waals surface area (Å²) in [5, 5.41) is 14.0. The first kappa shape index (κ1) is 12.9. The van der Waals surface area contributed by atoms with E-state index in [1.54, 1.807) is 18.2 Å². The first-order chi connectivity index (χ1) is 9.20. The Morgan fingerprint density at radius 2 is 2.11 bits per heavy atom. The van der Waals surface area contributed by atoms with Gasteiger partial charge in [-0.15, -0.1) is 0 Å². The Hall–Kier alpha value is -2.50. The molecule has 0 radical (unpaired) electrons. The molecule has 0 unspecified atom stereocenters. The van der Waals surface area contributed by atoms with Crippen LogP contribution in [0.25, 0.3) is 0 Å². The highest BCUT2D eigenvalue weighted by molar-refractivity contribution is 5.43. The first-order valence-electron chi connectivity index (χ1n) is 5.97. The molecule has 1 aromatic heterocycles. The van der Waals surface area contributed by atoms with Crippen molar-refractivity contribution in [2.45, 2.75) is 19.9 Å². The molecule has 0 fully saturated rings. The number of nitro groups is 1. The lowest BCUT2D eigenvalue weighted by atomic mass is 10.2. The summed E-state index contributed by atoms with van der Waals surface area (Å²) in [6.07, 6.45) is 2.31. The summed E-state index contributed by atoms with van der Waals surface area (Å²) in [6, 6.07) is 8.50. The topological polar surface area (TPSA) is 81.0 Å². The summed E-state index contributed by atoms with van der Waals surface area (Å²) in [7, 11) is 0. The molecule has 2 rings (SSSR count). The molecule has 1 aromatic carbocycles. The second-order valence-electron chi connectivity index (χ2n) is 3.99. The second-order valence-corrected chi connectivity index (χ2v) is 3.99. The number of benzene rings is 1. The third-order valence-corrected chi connectivity index (χ3v) is 2.73. The van der Waals surface area contributed by atoms with Gasteiger partial charge in [-0.25, -0.2) is 9.97 Å². The van der Waals surface area contributed by atoms with Gasteiger partial charge in [0.2, 0.25) is 0 Å². The largest absolute Gasteiger partial charge is 0.366 e. The van der Waals surface area contributed by atoms with E-state index in [1.807, 2.05) is 13.0 Å². The number of aryl methyl sites for hydroxylation is 1. The minimum Gasteiger partial charge on any atom is -0.366 e. The van der Waals surface area contributed by atoms with Gasteiger partial charge < -0.3 is 5.32 Å². The summed E-state index contributed by atoms with van der Waals surface area (Å²) >= 11 is 0. The van der Waals surface area contributed by atoms with Gasteiger partial charge in [0.15, 0.2) is 0 Å². The number of anilines is 1. The van der Waals surface area contributed by atoms with Gasteiger partial charge >= 0.3 is 0 Å². The van der Waals surface area contributed by atoms with Crippen molar-refractivity contribution >= 4 is 11.5 Å². The molecule has 19 heavy (non-hydrogen) atoms. The van der Waals surface area contributed by atoms with Crippen LogP contribution in [0.15, 0.2) is 36.7 Å². The van der Waals surface area contributed by atoms with E-state index in [0.29, 0.717) is 17.9 Å². The Kier molecular flexibility index (Phi) is 4.02. The Morgan fingerprint density at radius 3 is 2.84 bits per heavy atom. The SMILES string of the molecule is CCc1cc(NCc2ccccc2[N+](=O)[O-])ncn1. The number of aromatic nitrogens is 2. The van der Waals surface area contributed by atoms with Gasteiger partial charge in [0.05, 0.1) is 4.92 Å². The monoisotopic (exact) mass is 258 g/mol. The molecule has 0 amide bonds. The van der Waals surface area contributed by atoms with Gasteiger partial charge in [-0.2, -0.15) is 0 Å². The molecule has 0 saturated carbocycles. The lowest BCUT2D eigenvalue weighted by molar-refractivity contribution is -0.385. The molecule has 0 bridgehead atoms. The predicted molar refractivity (Wildman–Crippen MR) is 71.8 cm³/mol. The van der Waals surface area contributed by atoms with E-state index in [4.69, 9.17) is 0 Å². The number of hydrogen-bond acceptors (Lipinski definition) is 5. The molecule has 0 saturated heterocycles. The van der Waals surface area contributed by atoms with Crippen LogP contribution in [0.3, 0.4) is 0 Å². The van der Waals surface area contributed by atoms with Gasteiger partial charge in [-0.05, 0) is 6.42 Å². The Bertz CT molecular complexity index is 586. The van der Waals surface area contributed by atoms with Crippen LogP contribution in [0, 0.1) is 10.1 Å². The summed E-state index contributed by atoms with van der Waals surface area (Å²) in [5.41, 5.74) is 1.67. The van der Waals surface area contributed by atoms with Crippen molar-refractivity contribution in [2.24, 2.45) is 0 Å². The maximum Gasteiger partial charge on any atom is 0.274 e. The van der Waals surface area contributed by atoms with Crippen LogP contribution in [0.4, 0.5) is 11.5 Å². The molecule has 1 heterocycles. The smallest absolute Gasteiger partial charge is 0.274 e. The van der Waals surface area contributed by atoms with Crippen LogP contribution < -0.4 is 5.32 Å². The summed E-state index contributed by atoms with van der Waals surface area (Å²) < 4.78 is 0. The third kappa shape index (κ3) is 3.25. The average molecular weight is 258 g/mol. The average Bonchev–Trinajstić information content (AvgIpc) is 2.45. The molecule has 0 aliphatic carbocycles. The number of nitrogens with one attached hydrogen (secondary N) is 1. The molecule has 0 aliphatic heterocycles. The molecule has 0 aliphatic rings. The first-order valence-corrected chi connectivity index (χ1v) is 5.97. The normalized spacial score (nSPS) is 10.2. The zero-order chi connectivity index (χ0) is 13.7. The number of rotatable bonds is 5. The van der Waals surface area contributed by atoms with Gasteiger partial charge in [-0.1, -0.05) is 25.1 Å². The maximum atomic E-state index is 10.9. The zero-order valence-electron chi connectivity index (χ0n) is 10.5. The molecule has 1 N–H and O–H groups in total. The van der Waals surface area contributed by atoms with Crippen LogP contribution in [0.2, 0.25) is 0 Å². The van der Waals surface area contributed by atoms with Gasteiger partial charge in [0.1, 0.15) is 12.1 Å². The number of hydrogen-bond donors (Lipinski definition) is 1. The fraction of sp³-hybridized carbons (Fsp3) is 0.231. The van der Waals surface area contributed by atoms with E-state index in [1.165, 1.54) is 12.4 Å². The zero-order valence-corrected chi connectivity index (χ0v) is 10.5. The van der Waals surface area contributed by atoms with Crippen molar-refractivity contribution in [2.75, 3.05) is 5.32 Å². The van der Waals surface area contributed by atoms with Crippen LogP contribution in [0.5, 0.6) is 0 Å². The van der Waals surface area contributed by atoms with E-state index in [2.05, 4.69) is 15.3 Å². The number of nitrogens with zero attached hydrogens (tertiary/aromatic N) is 3. The van der Waals surface area contributed by atoms with Crippen molar-refractivity contribution in [3.05, 3.63) is 58.0 Å². The van der Waals surface area contributed by atoms with Crippen LogP contribution >= 0.6 is 0 Å². The maximum absolute atomic E-state index is 10.9. The highest BCUT2D eigenvalue weighted by Gasteiger charge is 2.11. The second kappa shape index (κ2) is 5.90. The van der Waals surface area contributed by atoms with E-state index in [0.717, 1.165) is 12.1 Å². The number of nitro benzene ring substituents is 1. The summed E-state index contributed by atoms with van der Waals surface area (Å²) in [6.45, 7) is 2.37. The van der Waals surface area contributed by atoms with Crippen LogP contribution in [0.1, 0.15) is 18.2 Å². The quantitative estimate of drug-likeness (QED) is 0.658. The Balaban J connectivity index is 2.12. The predicted octanol–water partition coefficient (Wildman–Crippen LogP) is 2.56. The molecular formula is C13H14N4O2. The van der Waals surface area contributed by atoms with Crippen molar-refractivity contribution in [3.8, 4) is 0 Å². The fourth-order valence-corrected chi connectivity index (χ4v) is 1.71. The Morgan fingerprint density at radius 1 is 1.32 bits per heavy atom. The van der Waals surface area contributed by atoms with Gasteiger partial charge in [0, 0.05) is 29.9 Å². The van der Waals surface area contributed by atoms with Crippen molar-refractivity contribution in [1.29, 1.82) is 0 Å². The van der Waals surface area contributed by atoms with Gasteiger partial charge in [-0.3, -0.25) is 10.1 Å². The molecular weight excluding hydrogens is 244 g/mol. The van der Waals surface area contributed by atoms with E-state index in [-0.39, 0.29) is 10.6 Å². The van der Waals surface area contributed by atoms with Crippen LogP contribution in [-0.2, 0) is 13.0 Å².